The smallest absolute Gasteiger partial charge is 0.338 e. The lowest BCUT2D eigenvalue weighted by atomic mass is 9.94. The maximum atomic E-state index is 12.3. The Morgan fingerprint density at radius 3 is 2.65 bits per heavy atom. The highest BCUT2D eigenvalue weighted by Gasteiger charge is 2.35. The molecule has 0 aliphatic carbocycles. The van der Waals surface area contributed by atoms with Gasteiger partial charge in [-0.1, -0.05) is 24.2 Å². The van der Waals surface area contributed by atoms with E-state index in [0.717, 1.165) is 17.0 Å². The van der Waals surface area contributed by atoms with Gasteiger partial charge in [0.1, 0.15) is 11.8 Å². The van der Waals surface area contributed by atoms with Crippen LogP contribution >= 0.6 is 0 Å². The molecule has 0 spiro atoms. The third kappa shape index (κ3) is 2.52. The number of carbonyl (C=O) groups excluding carboxylic acids is 1. The van der Waals surface area contributed by atoms with Crippen molar-refractivity contribution in [2.24, 2.45) is 0 Å². The number of tetrazole rings is 1. The summed E-state index contributed by atoms with van der Waals surface area (Å²) in [6.45, 7) is 1.95. The number of methoxy groups -OCH3 is 2. The Labute approximate surface area is 133 Å². The van der Waals surface area contributed by atoms with E-state index >= 15 is 0 Å². The summed E-state index contributed by atoms with van der Waals surface area (Å²) in [4.78, 5) is 12.3. The predicted molar refractivity (Wildman–Crippen MR) is 81.9 cm³/mol. The molecule has 3 rings (SSSR count). The van der Waals surface area contributed by atoms with Crippen molar-refractivity contribution in [1.29, 1.82) is 0 Å². The first kappa shape index (κ1) is 15.0. The number of anilines is 1. The molecule has 0 amide bonds. The van der Waals surface area contributed by atoms with E-state index in [1.807, 2.05) is 31.2 Å². The van der Waals surface area contributed by atoms with Crippen LogP contribution in [0, 0.1) is 0 Å². The molecule has 1 aromatic carbocycles. The number of nitrogens with zero attached hydrogens (tertiary/aromatic N) is 4. The standard InChI is InChI=1S/C15H17N5O3/c1-4-11-12(14(21)23-3)13(20-15(16-11)17-18-19-20)9-5-7-10(22-2)8-6-9/h5-8,13H,4H2,1-3H3,(H,16,17,19). The quantitative estimate of drug-likeness (QED) is 0.855. The van der Waals surface area contributed by atoms with E-state index < -0.39 is 12.0 Å². The molecule has 2 heterocycles. The van der Waals surface area contributed by atoms with Crippen molar-refractivity contribution >= 4 is 11.9 Å². The van der Waals surface area contributed by atoms with Crippen LogP contribution in [0.5, 0.6) is 5.75 Å². The number of hydrogen-bond acceptors (Lipinski definition) is 7. The van der Waals surface area contributed by atoms with E-state index in [1.54, 1.807) is 11.8 Å². The summed E-state index contributed by atoms with van der Waals surface area (Å²) in [5.41, 5.74) is 2.12. The molecule has 1 unspecified atom stereocenters. The van der Waals surface area contributed by atoms with Crippen LogP contribution in [0.25, 0.3) is 0 Å². The van der Waals surface area contributed by atoms with Gasteiger partial charge in [-0.3, -0.25) is 0 Å². The number of allylic oxidation sites excluding steroid dienone is 1. The molecule has 8 heteroatoms. The number of rotatable bonds is 4. The Morgan fingerprint density at radius 1 is 1.30 bits per heavy atom. The van der Waals surface area contributed by atoms with Crippen LogP contribution in [0.1, 0.15) is 24.9 Å². The van der Waals surface area contributed by atoms with Gasteiger partial charge in [0.15, 0.2) is 0 Å². The fourth-order valence-electron chi connectivity index (χ4n) is 2.66. The van der Waals surface area contributed by atoms with E-state index in [0.29, 0.717) is 17.9 Å². The highest BCUT2D eigenvalue weighted by atomic mass is 16.5. The number of nitrogens with one attached hydrogen (secondary N) is 1. The van der Waals surface area contributed by atoms with Crippen LogP contribution < -0.4 is 10.1 Å². The molecule has 0 bridgehead atoms. The number of carbonyl (C=O) groups is 1. The average molecular weight is 315 g/mol. The molecule has 1 aromatic heterocycles. The Morgan fingerprint density at radius 2 is 2.04 bits per heavy atom. The minimum atomic E-state index is -0.449. The van der Waals surface area contributed by atoms with Crippen molar-refractivity contribution in [3.8, 4) is 5.75 Å². The van der Waals surface area contributed by atoms with Crippen LogP contribution in [0.15, 0.2) is 35.5 Å². The van der Waals surface area contributed by atoms with Gasteiger partial charge in [-0.05, 0) is 34.5 Å². The zero-order chi connectivity index (χ0) is 16.4. The third-order valence-electron chi connectivity index (χ3n) is 3.79. The number of fused-ring (bicyclic) bond motifs is 1. The molecule has 1 aliphatic rings. The Kier molecular flexibility index (Phi) is 3.96. The van der Waals surface area contributed by atoms with Crippen LogP contribution in [-0.4, -0.2) is 40.4 Å². The molecular weight excluding hydrogens is 298 g/mol. The zero-order valence-corrected chi connectivity index (χ0v) is 13.1. The molecular formula is C15H17N5O3. The first-order chi connectivity index (χ1) is 11.2. The molecule has 120 valence electrons. The van der Waals surface area contributed by atoms with Gasteiger partial charge < -0.3 is 14.8 Å². The largest absolute Gasteiger partial charge is 0.497 e. The van der Waals surface area contributed by atoms with Crippen LogP contribution in [0.3, 0.4) is 0 Å². The van der Waals surface area contributed by atoms with E-state index in [-0.39, 0.29) is 0 Å². The normalized spacial score (nSPS) is 16.6. The van der Waals surface area contributed by atoms with Gasteiger partial charge in [-0.2, -0.15) is 4.68 Å². The van der Waals surface area contributed by atoms with Crippen LogP contribution in [0.2, 0.25) is 0 Å². The maximum Gasteiger partial charge on any atom is 0.338 e. The van der Waals surface area contributed by atoms with Crippen molar-refractivity contribution in [3.63, 3.8) is 0 Å². The van der Waals surface area contributed by atoms with Gasteiger partial charge in [0.25, 0.3) is 0 Å². The maximum absolute atomic E-state index is 12.3. The molecule has 0 saturated carbocycles. The lowest BCUT2D eigenvalue weighted by Gasteiger charge is -2.28. The Balaban J connectivity index is 2.15. The Bertz CT molecular complexity index is 751. The summed E-state index contributed by atoms with van der Waals surface area (Å²) in [7, 11) is 2.97. The molecule has 0 fully saturated rings. The number of hydrogen-bond donors (Lipinski definition) is 1. The Hall–Kier alpha value is -2.90. The van der Waals surface area contributed by atoms with Gasteiger partial charge >= 0.3 is 5.97 Å². The zero-order valence-electron chi connectivity index (χ0n) is 13.1. The van der Waals surface area contributed by atoms with Crippen LogP contribution in [-0.2, 0) is 9.53 Å². The van der Waals surface area contributed by atoms with E-state index in [9.17, 15) is 4.79 Å². The van der Waals surface area contributed by atoms with Crippen molar-refractivity contribution in [2.45, 2.75) is 19.4 Å². The van der Waals surface area contributed by atoms with Gasteiger partial charge in [0.05, 0.1) is 19.8 Å². The van der Waals surface area contributed by atoms with Gasteiger partial charge in [0.2, 0.25) is 5.95 Å². The number of esters is 1. The van der Waals surface area contributed by atoms with Crippen LogP contribution in [0.4, 0.5) is 5.95 Å². The van der Waals surface area contributed by atoms with E-state index in [1.165, 1.54) is 7.11 Å². The molecule has 0 saturated heterocycles. The number of ether oxygens (including phenoxy) is 2. The minimum absolute atomic E-state index is 0.406. The minimum Gasteiger partial charge on any atom is -0.497 e. The van der Waals surface area contributed by atoms with E-state index in [2.05, 4.69) is 20.8 Å². The average Bonchev–Trinajstić information content (AvgIpc) is 3.07. The fourth-order valence-corrected chi connectivity index (χ4v) is 2.66. The summed E-state index contributed by atoms with van der Waals surface area (Å²) in [6.07, 6.45) is 0.629. The predicted octanol–water partition coefficient (Wildman–Crippen LogP) is 1.53. The molecule has 1 aliphatic heterocycles. The van der Waals surface area contributed by atoms with Gasteiger partial charge in [0, 0.05) is 5.70 Å². The number of aromatic nitrogens is 4. The second kappa shape index (κ2) is 6.07. The molecule has 8 nitrogen and oxygen atoms in total. The van der Waals surface area contributed by atoms with Gasteiger partial charge in [-0.25, -0.2) is 4.79 Å². The first-order valence-electron chi connectivity index (χ1n) is 7.19. The van der Waals surface area contributed by atoms with Crippen molar-refractivity contribution in [2.75, 3.05) is 19.5 Å². The molecule has 23 heavy (non-hydrogen) atoms. The monoisotopic (exact) mass is 315 g/mol. The first-order valence-corrected chi connectivity index (χ1v) is 7.19. The molecule has 1 N–H and O–H groups in total. The molecule has 1 atom stereocenters. The summed E-state index contributed by atoms with van der Waals surface area (Å²) >= 11 is 0. The summed E-state index contributed by atoms with van der Waals surface area (Å²) in [6, 6.07) is 6.99. The summed E-state index contributed by atoms with van der Waals surface area (Å²) in [5, 5.41) is 14.8. The molecule has 2 aromatic rings. The second-order valence-electron chi connectivity index (χ2n) is 4.99. The highest BCUT2D eigenvalue weighted by molar-refractivity contribution is 5.92. The third-order valence-corrected chi connectivity index (χ3v) is 3.79. The molecule has 0 radical (unpaired) electrons. The topological polar surface area (TPSA) is 91.2 Å². The lowest BCUT2D eigenvalue weighted by molar-refractivity contribution is -0.136. The lowest BCUT2D eigenvalue weighted by Crippen LogP contribution is -2.30. The van der Waals surface area contributed by atoms with Gasteiger partial charge in [-0.15, -0.1) is 0 Å². The van der Waals surface area contributed by atoms with Crippen molar-refractivity contribution in [1.82, 2.24) is 20.2 Å². The van der Waals surface area contributed by atoms with E-state index in [4.69, 9.17) is 9.47 Å². The fraction of sp³-hybridized carbons (Fsp3) is 0.333. The van der Waals surface area contributed by atoms with Crippen molar-refractivity contribution < 1.29 is 14.3 Å². The van der Waals surface area contributed by atoms with Crippen molar-refractivity contribution in [3.05, 3.63) is 41.1 Å². The second-order valence-corrected chi connectivity index (χ2v) is 4.99. The SMILES string of the molecule is CCC1=C(C(=O)OC)C(c2ccc(OC)cc2)n2nnnc2N1. The summed E-state index contributed by atoms with van der Waals surface area (Å²) < 4.78 is 11.7. The highest BCUT2D eigenvalue weighted by Crippen LogP contribution is 2.36. The number of benzene rings is 1. The summed E-state index contributed by atoms with van der Waals surface area (Å²) in [5.74, 6) is 0.825.